The van der Waals surface area contributed by atoms with E-state index in [9.17, 15) is 27.9 Å². The fourth-order valence-corrected chi connectivity index (χ4v) is 0.721. The van der Waals surface area contributed by atoms with Gasteiger partial charge < -0.3 is 15.2 Å². The molecule has 1 unspecified atom stereocenters. The van der Waals surface area contributed by atoms with Gasteiger partial charge in [0.2, 0.25) is 0 Å². The Morgan fingerprint density at radius 3 is 1.93 bits per heavy atom. The third-order valence-electron chi connectivity index (χ3n) is 1.46. The molecule has 0 aromatic carbocycles. The molecule has 14 heavy (non-hydrogen) atoms. The molecule has 4 nitrogen and oxygen atoms in total. The van der Waals surface area contributed by atoms with Crippen LogP contribution < -0.4 is 10.4 Å². The first kappa shape index (κ1) is 12.7. The molecule has 1 N–H and O–H groups in total. The maximum absolute atomic E-state index is 11.7. The van der Waals surface area contributed by atoms with E-state index >= 15 is 0 Å². The predicted octanol–water partition coefficient (Wildman–Crippen LogP) is -0.561. The van der Waals surface area contributed by atoms with Crippen molar-refractivity contribution in [3.63, 3.8) is 0 Å². The second kappa shape index (κ2) is 4.30. The molecule has 0 aromatic heterocycles. The van der Waals surface area contributed by atoms with Crippen LogP contribution in [0.5, 0.6) is 0 Å². The molecule has 82 valence electrons. The summed E-state index contributed by atoms with van der Waals surface area (Å²) in [6.45, 7) is 2.72. The minimum absolute atomic E-state index is 0.675. The fraction of sp³-hybridized carbons (Fsp3) is 0.714. The number of halogens is 3. The number of nitrogens with one attached hydrogen (secondary N) is 1. The van der Waals surface area contributed by atoms with Crippen molar-refractivity contribution in [1.82, 2.24) is 5.32 Å². The van der Waals surface area contributed by atoms with Gasteiger partial charge in [-0.2, -0.15) is 13.2 Å². The molecule has 0 saturated carbocycles. The van der Waals surface area contributed by atoms with Crippen molar-refractivity contribution in [2.45, 2.75) is 26.1 Å². The van der Waals surface area contributed by atoms with Crippen LogP contribution in [-0.4, -0.2) is 24.1 Å². The van der Waals surface area contributed by atoms with Crippen molar-refractivity contribution in [2.75, 3.05) is 0 Å². The number of alkyl halides is 3. The van der Waals surface area contributed by atoms with Crippen molar-refractivity contribution < 1.29 is 27.9 Å². The Kier molecular flexibility index (Phi) is 3.91. The Labute approximate surface area is 78.1 Å². The molecule has 0 aromatic rings. The Hall–Kier alpha value is -1.27. The third-order valence-corrected chi connectivity index (χ3v) is 1.46. The Morgan fingerprint density at radius 1 is 1.29 bits per heavy atom. The van der Waals surface area contributed by atoms with Crippen LogP contribution >= 0.6 is 0 Å². The smallest absolute Gasteiger partial charge is 0.471 e. The fourth-order valence-electron chi connectivity index (χ4n) is 0.721. The zero-order valence-electron chi connectivity index (χ0n) is 7.51. The topological polar surface area (TPSA) is 69.2 Å². The molecule has 0 spiro atoms. The Morgan fingerprint density at radius 2 is 1.71 bits per heavy atom. The highest BCUT2D eigenvalue weighted by Crippen LogP contribution is 2.15. The highest BCUT2D eigenvalue weighted by atomic mass is 19.4. The van der Waals surface area contributed by atoms with Crippen LogP contribution in [0.25, 0.3) is 0 Å². The standard InChI is InChI=1S/C7H10F3NO3/c1-3(2)4(5(12)13)11-6(14)7(8,9)10/h3-4H,1-2H3,(H,11,14)(H,12,13)/p-1. The van der Waals surface area contributed by atoms with Crippen molar-refractivity contribution >= 4 is 11.9 Å². The number of hydrogen-bond acceptors (Lipinski definition) is 3. The largest absolute Gasteiger partial charge is 0.548 e. The van der Waals surface area contributed by atoms with Gasteiger partial charge in [0.05, 0.1) is 12.0 Å². The highest BCUT2D eigenvalue weighted by molar-refractivity contribution is 5.86. The number of carboxylic acid groups (broad SMARTS) is 1. The van der Waals surface area contributed by atoms with Crippen molar-refractivity contribution in [3.8, 4) is 0 Å². The van der Waals surface area contributed by atoms with E-state index in [0.717, 1.165) is 0 Å². The summed E-state index contributed by atoms with van der Waals surface area (Å²) < 4.78 is 35.1. The summed E-state index contributed by atoms with van der Waals surface area (Å²) in [5, 5.41) is 11.6. The van der Waals surface area contributed by atoms with Gasteiger partial charge >= 0.3 is 12.1 Å². The molecule has 0 aliphatic carbocycles. The van der Waals surface area contributed by atoms with E-state index in [1.165, 1.54) is 19.2 Å². The molecule has 0 saturated heterocycles. The van der Waals surface area contributed by atoms with Gasteiger partial charge in [-0.1, -0.05) is 13.8 Å². The molecule has 0 aliphatic heterocycles. The number of hydrogen-bond donors (Lipinski definition) is 1. The number of aliphatic carboxylic acids is 1. The van der Waals surface area contributed by atoms with Crippen molar-refractivity contribution in [1.29, 1.82) is 0 Å². The molecule has 0 rings (SSSR count). The molecule has 1 atom stereocenters. The number of carbonyl (C=O) groups is 2. The molecule has 1 amide bonds. The van der Waals surface area contributed by atoms with Crippen LogP contribution in [0.4, 0.5) is 13.2 Å². The lowest BCUT2D eigenvalue weighted by Gasteiger charge is -2.23. The molecule has 7 heteroatoms. The van der Waals surface area contributed by atoms with Crippen LogP contribution in [-0.2, 0) is 9.59 Å². The average molecular weight is 212 g/mol. The van der Waals surface area contributed by atoms with Crippen LogP contribution in [0.2, 0.25) is 0 Å². The van der Waals surface area contributed by atoms with Gasteiger partial charge in [-0.05, 0) is 5.92 Å². The molecule has 0 bridgehead atoms. The molecular weight excluding hydrogens is 203 g/mol. The van der Waals surface area contributed by atoms with Gasteiger partial charge in [0.1, 0.15) is 0 Å². The summed E-state index contributed by atoms with van der Waals surface area (Å²) in [4.78, 5) is 20.7. The molecule has 0 heterocycles. The Balaban J connectivity index is 4.48. The lowest BCUT2D eigenvalue weighted by atomic mass is 10.1. The first-order valence-electron chi connectivity index (χ1n) is 3.74. The van der Waals surface area contributed by atoms with E-state index in [2.05, 4.69) is 0 Å². The maximum atomic E-state index is 11.7. The molecule has 0 aliphatic rings. The van der Waals surface area contributed by atoms with E-state index in [4.69, 9.17) is 0 Å². The predicted molar refractivity (Wildman–Crippen MR) is 37.8 cm³/mol. The SMILES string of the molecule is CC(C)C(NC(=O)C(F)(F)F)C(=O)[O-]. The number of rotatable bonds is 3. The normalized spacial score (nSPS) is 13.9. The van der Waals surface area contributed by atoms with Gasteiger partial charge in [0, 0.05) is 0 Å². The number of carbonyl (C=O) groups excluding carboxylic acids is 2. The number of carboxylic acids is 1. The zero-order chi connectivity index (χ0) is 11.5. The minimum atomic E-state index is -5.08. The van der Waals surface area contributed by atoms with Crippen molar-refractivity contribution in [3.05, 3.63) is 0 Å². The van der Waals surface area contributed by atoms with Gasteiger partial charge in [0.25, 0.3) is 0 Å². The lowest BCUT2D eigenvalue weighted by molar-refractivity contribution is -0.309. The van der Waals surface area contributed by atoms with Crippen LogP contribution in [0.1, 0.15) is 13.8 Å². The van der Waals surface area contributed by atoms with E-state index in [1.807, 2.05) is 0 Å². The first-order chi connectivity index (χ1) is 6.16. The van der Waals surface area contributed by atoms with Gasteiger partial charge in [0.15, 0.2) is 0 Å². The maximum Gasteiger partial charge on any atom is 0.471 e. The summed E-state index contributed by atoms with van der Waals surface area (Å²) in [7, 11) is 0. The third kappa shape index (κ3) is 3.63. The average Bonchev–Trinajstić information content (AvgIpc) is 1.96. The summed E-state index contributed by atoms with van der Waals surface area (Å²) in [5.41, 5.74) is 0. The molecular formula is C7H9F3NO3-. The van der Waals surface area contributed by atoms with Gasteiger partial charge in [-0.15, -0.1) is 0 Å². The summed E-state index contributed by atoms with van der Waals surface area (Å²) in [6.07, 6.45) is -5.08. The van der Waals surface area contributed by atoms with Crippen LogP contribution in [0.15, 0.2) is 0 Å². The molecule has 0 fully saturated rings. The van der Waals surface area contributed by atoms with E-state index in [1.54, 1.807) is 0 Å². The monoisotopic (exact) mass is 212 g/mol. The molecule has 0 radical (unpaired) electrons. The lowest BCUT2D eigenvalue weighted by Crippen LogP contribution is -2.53. The Bertz CT molecular complexity index is 237. The van der Waals surface area contributed by atoms with E-state index < -0.39 is 30.0 Å². The second-order valence-corrected chi connectivity index (χ2v) is 3.01. The van der Waals surface area contributed by atoms with Crippen LogP contribution in [0.3, 0.4) is 0 Å². The van der Waals surface area contributed by atoms with Crippen molar-refractivity contribution in [2.24, 2.45) is 5.92 Å². The quantitative estimate of drug-likeness (QED) is 0.681. The second-order valence-electron chi connectivity index (χ2n) is 3.01. The first-order valence-corrected chi connectivity index (χ1v) is 3.74. The van der Waals surface area contributed by atoms with Crippen LogP contribution in [0, 0.1) is 5.92 Å². The highest BCUT2D eigenvalue weighted by Gasteiger charge is 2.40. The van der Waals surface area contributed by atoms with Gasteiger partial charge in [-0.3, -0.25) is 4.79 Å². The zero-order valence-corrected chi connectivity index (χ0v) is 7.51. The summed E-state index contributed by atoms with van der Waals surface area (Å²) in [5.74, 6) is -4.69. The van der Waals surface area contributed by atoms with E-state index in [-0.39, 0.29) is 0 Å². The summed E-state index contributed by atoms with van der Waals surface area (Å²) in [6, 6.07) is -1.64. The minimum Gasteiger partial charge on any atom is -0.548 e. The van der Waals surface area contributed by atoms with E-state index in [0.29, 0.717) is 0 Å². The number of amides is 1. The summed E-state index contributed by atoms with van der Waals surface area (Å²) >= 11 is 0. The van der Waals surface area contributed by atoms with Gasteiger partial charge in [-0.25, -0.2) is 0 Å².